The van der Waals surface area contributed by atoms with Gasteiger partial charge in [-0.3, -0.25) is 24.1 Å². The predicted octanol–water partition coefficient (Wildman–Crippen LogP) is 2.31. The van der Waals surface area contributed by atoms with Crippen molar-refractivity contribution in [3.05, 3.63) is 65.2 Å². The zero-order valence-electron chi connectivity index (χ0n) is 15.7. The monoisotopic (exact) mass is 379 g/mol. The lowest BCUT2D eigenvalue weighted by atomic mass is 10.1. The summed E-state index contributed by atoms with van der Waals surface area (Å²) in [4.78, 5) is 49.8. The highest BCUT2D eigenvalue weighted by Gasteiger charge is 2.36. The topological polar surface area (TPSA) is 95.6 Å². The Kier molecular flexibility index (Phi) is 5.54. The Bertz CT molecular complexity index is 900. The van der Waals surface area contributed by atoms with Crippen molar-refractivity contribution in [3.63, 3.8) is 0 Å². The lowest BCUT2D eigenvalue weighted by Crippen LogP contribution is -2.37. The average molecular weight is 379 g/mol. The smallest absolute Gasteiger partial charge is 0.262 e. The second kappa shape index (κ2) is 8.04. The lowest BCUT2D eigenvalue weighted by Gasteiger charge is -2.14. The average Bonchev–Trinajstić information content (AvgIpc) is 2.92. The SMILES string of the molecule is CC(C)CNC(=O)c1ccc(NC(=O)CN2C(=O)c3ccccc3C2=O)cc1. The number of amides is 4. The van der Waals surface area contributed by atoms with Crippen molar-refractivity contribution < 1.29 is 19.2 Å². The number of nitrogens with one attached hydrogen (secondary N) is 2. The maximum atomic E-state index is 12.3. The molecule has 1 aliphatic heterocycles. The molecular weight excluding hydrogens is 358 g/mol. The van der Waals surface area contributed by atoms with Gasteiger partial charge in [0.25, 0.3) is 17.7 Å². The zero-order chi connectivity index (χ0) is 20.3. The number of hydrogen-bond acceptors (Lipinski definition) is 4. The van der Waals surface area contributed by atoms with Gasteiger partial charge in [-0.05, 0) is 42.3 Å². The molecule has 2 N–H and O–H groups in total. The highest BCUT2D eigenvalue weighted by Crippen LogP contribution is 2.22. The second-order valence-corrected chi connectivity index (χ2v) is 6.97. The van der Waals surface area contributed by atoms with Crippen molar-refractivity contribution in [2.45, 2.75) is 13.8 Å². The number of rotatable bonds is 6. The number of imide groups is 1. The van der Waals surface area contributed by atoms with Crippen molar-refractivity contribution in [2.75, 3.05) is 18.4 Å². The van der Waals surface area contributed by atoms with Crippen LogP contribution < -0.4 is 10.6 Å². The third kappa shape index (κ3) is 4.09. The van der Waals surface area contributed by atoms with E-state index in [1.54, 1.807) is 48.5 Å². The number of fused-ring (bicyclic) bond motifs is 1. The highest BCUT2D eigenvalue weighted by molar-refractivity contribution is 6.22. The molecule has 0 radical (unpaired) electrons. The van der Waals surface area contributed by atoms with Crippen LogP contribution in [0.15, 0.2) is 48.5 Å². The van der Waals surface area contributed by atoms with E-state index in [1.807, 2.05) is 13.8 Å². The summed E-state index contributed by atoms with van der Waals surface area (Å²) in [6, 6.07) is 12.9. The Hall–Kier alpha value is -3.48. The maximum absolute atomic E-state index is 12.3. The van der Waals surface area contributed by atoms with Crippen molar-refractivity contribution in [1.82, 2.24) is 10.2 Å². The molecule has 0 saturated heterocycles. The summed E-state index contributed by atoms with van der Waals surface area (Å²) in [7, 11) is 0. The van der Waals surface area contributed by atoms with Crippen LogP contribution in [0.4, 0.5) is 5.69 Å². The lowest BCUT2D eigenvalue weighted by molar-refractivity contribution is -0.116. The first-order chi connectivity index (χ1) is 13.4. The maximum Gasteiger partial charge on any atom is 0.262 e. The third-order valence-corrected chi connectivity index (χ3v) is 4.28. The summed E-state index contributed by atoms with van der Waals surface area (Å²) in [6.07, 6.45) is 0. The van der Waals surface area contributed by atoms with Crippen molar-refractivity contribution >= 4 is 29.3 Å². The Labute approximate surface area is 162 Å². The van der Waals surface area contributed by atoms with Crippen molar-refractivity contribution in [1.29, 1.82) is 0 Å². The van der Waals surface area contributed by atoms with Gasteiger partial charge in [0, 0.05) is 17.8 Å². The number of hydrogen-bond donors (Lipinski definition) is 2. The normalized spacial score (nSPS) is 12.9. The molecule has 0 bridgehead atoms. The Morgan fingerprint density at radius 1 is 0.929 bits per heavy atom. The van der Waals surface area contributed by atoms with Crippen molar-refractivity contribution in [2.24, 2.45) is 5.92 Å². The zero-order valence-corrected chi connectivity index (χ0v) is 15.7. The summed E-state index contributed by atoms with van der Waals surface area (Å²) in [5.41, 5.74) is 1.56. The van der Waals surface area contributed by atoms with Crippen LogP contribution in [-0.2, 0) is 4.79 Å². The van der Waals surface area contributed by atoms with E-state index in [9.17, 15) is 19.2 Å². The fourth-order valence-electron chi connectivity index (χ4n) is 2.83. The molecule has 0 saturated carbocycles. The first-order valence-electron chi connectivity index (χ1n) is 9.00. The summed E-state index contributed by atoms with van der Waals surface area (Å²) in [6.45, 7) is 4.22. The van der Waals surface area contributed by atoms with Gasteiger partial charge in [0.1, 0.15) is 6.54 Å². The van der Waals surface area contributed by atoms with Crippen LogP contribution in [-0.4, -0.2) is 41.6 Å². The molecule has 0 atom stereocenters. The van der Waals surface area contributed by atoms with Gasteiger partial charge < -0.3 is 10.6 Å². The van der Waals surface area contributed by atoms with E-state index in [-0.39, 0.29) is 12.5 Å². The van der Waals surface area contributed by atoms with Gasteiger partial charge in [0.05, 0.1) is 11.1 Å². The second-order valence-electron chi connectivity index (χ2n) is 6.97. The van der Waals surface area contributed by atoms with Crippen LogP contribution in [0.5, 0.6) is 0 Å². The van der Waals surface area contributed by atoms with E-state index in [0.717, 1.165) is 4.90 Å². The first-order valence-corrected chi connectivity index (χ1v) is 9.00. The fraction of sp³-hybridized carbons (Fsp3) is 0.238. The molecule has 0 aliphatic carbocycles. The molecule has 7 nitrogen and oxygen atoms in total. The van der Waals surface area contributed by atoms with E-state index < -0.39 is 17.7 Å². The minimum atomic E-state index is -0.494. The quantitative estimate of drug-likeness (QED) is 0.753. The Morgan fingerprint density at radius 3 is 2.04 bits per heavy atom. The molecule has 3 rings (SSSR count). The number of benzene rings is 2. The fourth-order valence-corrected chi connectivity index (χ4v) is 2.83. The van der Waals surface area contributed by atoms with E-state index in [1.165, 1.54) is 0 Å². The number of anilines is 1. The number of nitrogens with zero attached hydrogens (tertiary/aromatic N) is 1. The van der Waals surface area contributed by atoms with Crippen LogP contribution in [0.3, 0.4) is 0 Å². The van der Waals surface area contributed by atoms with Gasteiger partial charge in [-0.15, -0.1) is 0 Å². The molecule has 0 spiro atoms. The van der Waals surface area contributed by atoms with Crippen LogP contribution >= 0.6 is 0 Å². The van der Waals surface area contributed by atoms with E-state index in [4.69, 9.17) is 0 Å². The molecule has 2 aromatic carbocycles. The largest absolute Gasteiger partial charge is 0.352 e. The van der Waals surface area contributed by atoms with Gasteiger partial charge in [0.15, 0.2) is 0 Å². The molecule has 144 valence electrons. The third-order valence-electron chi connectivity index (χ3n) is 4.28. The molecular formula is C21H21N3O4. The van der Waals surface area contributed by atoms with Gasteiger partial charge >= 0.3 is 0 Å². The molecule has 7 heteroatoms. The summed E-state index contributed by atoms with van der Waals surface area (Å²) >= 11 is 0. The Morgan fingerprint density at radius 2 is 1.50 bits per heavy atom. The molecule has 0 unspecified atom stereocenters. The van der Waals surface area contributed by atoms with E-state index in [2.05, 4.69) is 10.6 Å². The molecule has 2 aromatic rings. The standard InChI is InChI=1S/C21H21N3O4/c1-13(2)11-22-19(26)14-7-9-15(10-8-14)23-18(25)12-24-20(27)16-5-3-4-6-17(16)21(24)28/h3-10,13H,11-12H2,1-2H3,(H,22,26)(H,23,25). The van der Waals surface area contributed by atoms with Crippen LogP contribution in [0.25, 0.3) is 0 Å². The first kappa shape index (κ1) is 19.3. The van der Waals surface area contributed by atoms with Crippen LogP contribution in [0.2, 0.25) is 0 Å². The molecule has 1 aliphatic rings. The number of carbonyl (C=O) groups excluding carboxylic acids is 4. The van der Waals surface area contributed by atoms with Crippen molar-refractivity contribution in [3.8, 4) is 0 Å². The van der Waals surface area contributed by atoms with Crippen LogP contribution in [0.1, 0.15) is 44.9 Å². The summed E-state index contributed by atoms with van der Waals surface area (Å²) in [5, 5.41) is 5.45. The Balaban J connectivity index is 1.59. The van der Waals surface area contributed by atoms with Gasteiger partial charge in [-0.1, -0.05) is 26.0 Å². The highest BCUT2D eigenvalue weighted by atomic mass is 16.2. The molecule has 0 fully saturated rings. The summed E-state index contributed by atoms with van der Waals surface area (Å²) in [5.74, 6) is -1.28. The minimum absolute atomic E-state index is 0.183. The molecule has 28 heavy (non-hydrogen) atoms. The van der Waals surface area contributed by atoms with E-state index in [0.29, 0.717) is 34.8 Å². The van der Waals surface area contributed by atoms with E-state index >= 15 is 0 Å². The minimum Gasteiger partial charge on any atom is -0.352 e. The molecule has 4 amide bonds. The van der Waals surface area contributed by atoms with Gasteiger partial charge in [0.2, 0.25) is 5.91 Å². The van der Waals surface area contributed by atoms with Gasteiger partial charge in [-0.25, -0.2) is 0 Å². The molecule has 0 aromatic heterocycles. The summed E-state index contributed by atoms with van der Waals surface area (Å²) < 4.78 is 0. The van der Waals surface area contributed by atoms with Crippen LogP contribution in [0, 0.1) is 5.92 Å². The predicted molar refractivity (Wildman–Crippen MR) is 104 cm³/mol. The number of carbonyl (C=O) groups is 4. The van der Waals surface area contributed by atoms with Gasteiger partial charge in [-0.2, -0.15) is 0 Å². The molecule has 1 heterocycles.